The molecule has 1 aromatic rings. The smallest absolute Gasteiger partial charge is 0.323 e. The molecule has 1 rings (SSSR count). The monoisotopic (exact) mass is 241 g/mol. The summed E-state index contributed by atoms with van der Waals surface area (Å²) in [6, 6.07) is 0.0863. The Morgan fingerprint density at radius 2 is 1.94 bits per heavy atom. The molecule has 0 aliphatic rings. The molecule has 0 aromatic carbocycles. The largest absolute Gasteiger partial charge is 0.461 e. The van der Waals surface area contributed by atoms with Crippen molar-refractivity contribution in [1.29, 1.82) is 0 Å². The van der Waals surface area contributed by atoms with E-state index in [0.29, 0.717) is 5.95 Å². The lowest BCUT2D eigenvalue weighted by molar-refractivity contribution is 0.221. The van der Waals surface area contributed by atoms with Crippen LogP contribution in [0.4, 0.5) is 11.9 Å². The second-order valence-corrected chi connectivity index (χ2v) is 4.09. The van der Waals surface area contributed by atoms with Gasteiger partial charge in [0.05, 0.1) is 18.8 Å². The van der Waals surface area contributed by atoms with Gasteiger partial charge < -0.3 is 20.5 Å². The van der Waals surface area contributed by atoms with Gasteiger partial charge in [0.25, 0.3) is 0 Å². The maximum Gasteiger partial charge on any atom is 0.323 e. The van der Waals surface area contributed by atoms with Crippen molar-refractivity contribution in [3.8, 4) is 6.01 Å². The lowest BCUT2D eigenvalue weighted by Gasteiger charge is -2.23. The van der Waals surface area contributed by atoms with Crippen LogP contribution in [0, 0.1) is 0 Å². The first-order valence-corrected chi connectivity index (χ1v) is 5.46. The molecule has 1 atom stereocenters. The van der Waals surface area contributed by atoms with Crippen molar-refractivity contribution in [1.82, 2.24) is 15.0 Å². The predicted octanol–water partition coefficient (Wildman–Crippen LogP) is 0.0580. The van der Waals surface area contributed by atoms with Crippen LogP contribution >= 0.6 is 0 Å². The lowest BCUT2D eigenvalue weighted by atomic mass is 10.3. The quantitative estimate of drug-likeness (QED) is 0.752. The molecule has 0 bridgehead atoms. The highest BCUT2D eigenvalue weighted by molar-refractivity contribution is 5.36. The van der Waals surface area contributed by atoms with Crippen molar-refractivity contribution in [3.63, 3.8) is 0 Å². The van der Waals surface area contributed by atoms with E-state index in [0.717, 1.165) is 0 Å². The van der Waals surface area contributed by atoms with Gasteiger partial charge in [-0.2, -0.15) is 15.0 Å². The summed E-state index contributed by atoms with van der Waals surface area (Å²) in [6.45, 7) is 5.60. The van der Waals surface area contributed by atoms with Crippen LogP contribution in [0.3, 0.4) is 0 Å². The number of nitrogens with zero attached hydrogens (tertiary/aromatic N) is 4. The zero-order chi connectivity index (χ0) is 13.0. The van der Waals surface area contributed by atoms with E-state index in [2.05, 4.69) is 15.0 Å². The van der Waals surface area contributed by atoms with Crippen LogP contribution in [0.25, 0.3) is 0 Å². The fraction of sp³-hybridized carbons (Fsp3) is 0.700. The molecule has 0 aliphatic carbocycles. The number of anilines is 2. The summed E-state index contributed by atoms with van der Waals surface area (Å²) in [6.07, 6.45) is -0.0368. The van der Waals surface area contributed by atoms with Crippen molar-refractivity contribution >= 4 is 11.9 Å². The molecule has 0 aliphatic heterocycles. The molecule has 0 fully saturated rings. The van der Waals surface area contributed by atoms with Crippen LogP contribution in [-0.2, 0) is 0 Å². The molecule has 0 radical (unpaired) electrons. The number of rotatable bonds is 5. The summed E-state index contributed by atoms with van der Waals surface area (Å²) in [5, 5.41) is 9.08. The fourth-order valence-electron chi connectivity index (χ4n) is 1.10. The molecular formula is C10H19N5O2. The van der Waals surface area contributed by atoms with E-state index in [1.165, 1.54) is 0 Å². The Hall–Kier alpha value is -1.63. The van der Waals surface area contributed by atoms with E-state index in [9.17, 15) is 0 Å². The van der Waals surface area contributed by atoms with Crippen LogP contribution in [0.5, 0.6) is 6.01 Å². The molecule has 1 unspecified atom stereocenters. The average Bonchev–Trinajstić information content (AvgIpc) is 2.25. The third kappa shape index (κ3) is 3.70. The first-order chi connectivity index (χ1) is 7.93. The van der Waals surface area contributed by atoms with Crippen LogP contribution in [0.1, 0.15) is 20.8 Å². The zero-order valence-electron chi connectivity index (χ0n) is 10.6. The second-order valence-electron chi connectivity index (χ2n) is 4.09. The number of aliphatic hydroxyl groups is 1. The van der Waals surface area contributed by atoms with Gasteiger partial charge in [-0.05, 0) is 20.8 Å². The molecule has 17 heavy (non-hydrogen) atoms. The molecule has 7 heteroatoms. The third-order valence-corrected chi connectivity index (χ3v) is 2.20. The summed E-state index contributed by atoms with van der Waals surface area (Å²) < 4.78 is 5.37. The van der Waals surface area contributed by atoms with Gasteiger partial charge in [-0.25, -0.2) is 0 Å². The number of aliphatic hydroxyl groups excluding tert-OH is 1. The van der Waals surface area contributed by atoms with Gasteiger partial charge in [-0.1, -0.05) is 0 Å². The van der Waals surface area contributed by atoms with Gasteiger partial charge in [0.2, 0.25) is 11.9 Å². The number of nitrogens with two attached hydrogens (primary N) is 1. The SMILES string of the molecule is CC(C)Oc1nc(N)nc(N(C)C(C)CO)n1. The van der Waals surface area contributed by atoms with Crippen molar-refractivity contribution in [2.24, 2.45) is 0 Å². The van der Waals surface area contributed by atoms with E-state index in [-0.39, 0.29) is 30.7 Å². The lowest BCUT2D eigenvalue weighted by Crippen LogP contribution is -2.33. The van der Waals surface area contributed by atoms with Crippen LogP contribution in [-0.4, -0.2) is 45.9 Å². The maximum atomic E-state index is 9.08. The Morgan fingerprint density at radius 3 is 2.47 bits per heavy atom. The molecule has 1 heterocycles. The van der Waals surface area contributed by atoms with Crippen LogP contribution < -0.4 is 15.4 Å². The molecule has 0 spiro atoms. The number of aromatic nitrogens is 3. The fourth-order valence-corrected chi connectivity index (χ4v) is 1.10. The second kappa shape index (κ2) is 5.62. The molecular weight excluding hydrogens is 222 g/mol. The summed E-state index contributed by atoms with van der Waals surface area (Å²) >= 11 is 0. The van der Waals surface area contributed by atoms with E-state index >= 15 is 0 Å². The number of likely N-dealkylation sites (N-methyl/N-ethyl adjacent to an activating group) is 1. The van der Waals surface area contributed by atoms with E-state index in [1.54, 1.807) is 11.9 Å². The van der Waals surface area contributed by atoms with E-state index < -0.39 is 0 Å². The van der Waals surface area contributed by atoms with Gasteiger partial charge in [-0.15, -0.1) is 0 Å². The van der Waals surface area contributed by atoms with Crippen molar-refractivity contribution < 1.29 is 9.84 Å². The maximum absolute atomic E-state index is 9.08. The topological polar surface area (TPSA) is 97.4 Å². The van der Waals surface area contributed by atoms with E-state index in [4.69, 9.17) is 15.6 Å². The summed E-state index contributed by atoms with van der Waals surface area (Å²) in [5.41, 5.74) is 5.58. The van der Waals surface area contributed by atoms with Gasteiger partial charge in [0, 0.05) is 7.05 Å². The third-order valence-electron chi connectivity index (χ3n) is 2.20. The average molecular weight is 241 g/mol. The minimum Gasteiger partial charge on any atom is -0.461 e. The minimum atomic E-state index is -0.108. The first-order valence-electron chi connectivity index (χ1n) is 5.46. The van der Waals surface area contributed by atoms with E-state index in [1.807, 2.05) is 20.8 Å². The van der Waals surface area contributed by atoms with Gasteiger partial charge in [0.1, 0.15) is 0 Å². The Labute approximate surface area is 101 Å². The molecule has 0 saturated heterocycles. The predicted molar refractivity (Wildman–Crippen MR) is 65.0 cm³/mol. The Bertz CT molecular complexity index is 372. The number of ether oxygens (including phenoxy) is 1. The molecule has 0 saturated carbocycles. The summed E-state index contributed by atoms with van der Waals surface area (Å²) in [5.74, 6) is 0.484. The molecule has 96 valence electrons. The first kappa shape index (κ1) is 13.4. The van der Waals surface area contributed by atoms with Crippen molar-refractivity contribution in [2.75, 3.05) is 24.3 Å². The highest BCUT2D eigenvalue weighted by atomic mass is 16.5. The van der Waals surface area contributed by atoms with Gasteiger partial charge in [0.15, 0.2) is 0 Å². The Morgan fingerprint density at radius 1 is 1.29 bits per heavy atom. The molecule has 0 amide bonds. The molecule has 7 nitrogen and oxygen atoms in total. The summed E-state index contributed by atoms with van der Waals surface area (Å²) in [7, 11) is 1.77. The standard InChI is InChI=1S/C10H19N5O2/c1-6(2)17-10-13-8(11)12-9(14-10)15(4)7(3)5-16/h6-7,16H,5H2,1-4H3,(H2,11,12,13,14). The summed E-state index contributed by atoms with van der Waals surface area (Å²) in [4.78, 5) is 13.7. The van der Waals surface area contributed by atoms with Gasteiger partial charge >= 0.3 is 6.01 Å². The highest BCUT2D eigenvalue weighted by Crippen LogP contribution is 2.14. The minimum absolute atomic E-state index is 0.00244. The highest BCUT2D eigenvalue weighted by Gasteiger charge is 2.15. The van der Waals surface area contributed by atoms with Crippen LogP contribution in [0.15, 0.2) is 0 Å². The number of hydrogen-bond donors (Lipinski definition) is 2. The molecule has 1 aromatic heterocycles. The van der Waals surface area contributed by atoms with Crippen LogP contribution in [0.2, 0.25) is 0 Å². The normalized spacial score (nSPS) is 12.6. The van der Waals surface area contributed by atoms with Crippen molar-refractivity contribution in [2.45, 2.75) is 32.9 Å². The van der Waals surface area contributed by atoms with Crippen molar-refractivity contribution in [3.05, 3.63) is 0 Å². The number of nitrogen functional groups attached to an aromatic ring is 1. The number of hydrogen-bond acceptors (Lipinski definition) is 7. The Kier molecular flexibility index (Phi) is 4.45. The zero-order valence-corrected chi connectivity index (χ0v) is 10.6. The molecule has 3 N–H and O–H groups in total. The van der Waals surface area contributed by atoms with Gasteiger partial charge in [-0.3, -0.25) is 0 Å². The Balaban J connectivity index is 2.96.